The molecule has 0 amide bonds. The van der Waals surface area contributed by atoms with Gasteiger partial charge in [-0.15, -0.1) is 4.33 Å². The fourth-order valence-corrected chi connectivity index (χ4v) is 7.31. The second kappa shape index (κ2) is 16.0. The lowest BCUT2D eigenvalue weighted by molar-refractivity contribution is -0.226. The van der Waals surface area contributed by atoms with Crippen LogP contribution in [-0.2, 0) is 25.8 Å². The van der Waals surface area contributed by atoms with Crippen molar-refractivity contribution in [1.29, 1.82) is 0 Å². The van der Waals surface area contributed by atoms with Crippen LogP contribution in [0, 0.1) is 6.92 Å². The SMILES string of the molecule is CCCCS(=O)(=O)OOC(C1=C(c2cccc(OC)c2C)CCc2cc(OC)ccc21)c1ccc(OCCN2CCCCC2)cc1. The molecule has 0 radical (unpaired) electrons. The van der Waals surface area contributed by atoms with Gasteiger partial charge in [-0.05, 0) is 121 Å². The number of piperidine rings is 1. The molecule has 1 aliphatic heterocycles. The Kier molecular flexibility index (Phi) is 11.8. The zero-order valence-corrected chi connectivity index (χ0v) is 28.4. The summed E-state index contributed by atoms with van der Waals surface area (Å²) in [4.78, 5) is 8.48. The van der Waals surface area contributed by atoms with Gasteiger partial charge in [-0.25, -0.2) is 4.89 Å². The highest BCUT2D eigenvalue weighted by Crippen LogP contribution is 2.47. The molecule has 0 saturated carbocycles. The van der Waals surface area contributed by atoms with E-state index in [2.05, 4.69) is 11.0 Å². The molecule has 3 aromatic rings. The summed E-state index contributed by atoms with van der Waals surface area (Å²) in [6.07, 6.45) is 5.67. The van der Waals surface area contributed by atoms with E-state index in [4.69, 9.17) is 23.4 Å². The van der Waals surface area contributed by atoms with Crippen molar-refractivity contribution in [2.24, 2.45) is 0 Å². The Balaban J connectivity index is 1.55. The van der Waals surface area contributed by atoms with Crippen LogP contribution in [0.3, 0.4) is 0 Å². The lowest BCUT2D eigenvalue weighted by Gasteiger charge is -2.30. The highest BCUT2D eigenvalue weighted by molar-refractivity contribution is 7.86. The largest absolute Gasteiger partial charge is 0.497 e. The number of methoxy groups -OCH3 is 2. The average molecular weight is 650 g/mol. The lowest BCUT2D eigenvalue weighted by atomic mass is 9.78. The van der Waals surface area contributed by atoms with Crippen LogP contribution >= 0.6 is 0 Å². The molecule has 0 spiro atoms. The Labute approximate surface area is 274 Å². The number of unbranched alkanes of at least 4 members (excludes halogenated alkanes) is 1. The Bertz CT molecular complexity index is 1590. The molecule has 1 unspecified atom stereocenters. The first-order chi connectivity index (χ1) is 22.3. The number of likely N-dealkylation sites (tertiary alicyclic amines) is 1. The molecular formula is C37H47NO7S. The summed E-state index contributed by atoms with van der Waals surface area (Å²) >= 11 is 0. The summed E-state index contributed by atoms with van der Waals surface area (Å²) in [5, 5.41) is 0. The highest BCUT2D eigenvalue weighted by atomic mass is 32.2. The molecular weight excluding hydrogens is 602 g/mol. The van der Waals surface area contributed by atoms with Gasteiger partial charge in [0.1, 0.15) is 30.0 Å². The number of benzene rings is 3. The third-order valence-electron chi connectivity index (χ3n) is 8.96. The molecule has 9 heteroatoms. The average Bonchev–Trinajstić information content (AvgIpc) is 3.08. The summed E-state index contributed by atoms with van der Waals surface area (Å²) in [5.41, 5.74) is 6.74. The van der Waals surface area contributed by atoms with Crippen LogP contribution in [0.15, 0.2) is 60.7 Å². The molecule has 0 aromatic heterocycles. The van der Waals surface area contributed by atoms with E-state index in [1.165, 1.54) is 19.3 Å². The van der Waals surface area contributed by atoms with Crippen LogP contribution in [0.4, 0.5) is 0 Å². The zero-order chi connectivity index (χ0) is 32.5. The molecule has 1 heterocycles. The van der Waals surface area contributed by atoms with Crippen LogP contribution in [0.5, 0.6) is 17.2 Å². The zero-order valence-electron chi connectivity index (χ0n) is 27.5. The van der Waals surface area contributed by atoms with Gasteiger partial charge < -0.3 is 14.2 Å². The molecule has 1 fully saturated rings. The van der Waals surface area contributed by atoms with E-state index in [9.17, 15) is 8.42 Å². The topological polar surface area (TPSA) is 83.5 Å². The maximum absolute atomic E-state index is 12.9. The van der Waals surface area contributed by atoms with E-state index in [0.717, 1.165) is 88.7 Å². The normalized spacial score (nSPS) is 16.2. The summed E-state index contributed by atoms with van der Waals surface area (Å²) in [6.45, 7) is 7.74. The summed E-state index contributed by atoms with van der Waals surface area (Å²) < 4.78 is 48.5. The minimum absolute atomic E-state index is 0.116. The van der Waals surface area contributed by atoms with Crippen molar-refractivity contribution in [2.75, 3.05) is 46.2 Å². The summed E-state index contributed by atoms with van der Waals surface area (Å²) in [7, 11) is -0.596. The van der Waals surface area contributed by atoms with Gasteiger partial charge in [0.05, 0.1) is 20.0 Å². The molecule has 0 N–H and O–H groups in total. The van der Waals surface area contributed by atoms with Gasteiger partial charge in [-0.1, -0.05) is 50.1 Å². The number of ether oxygens (including phenoxy) is 3. The maximum atomic E-state index is 12.9. The fraction of sp³-hybridized carbons (Fsp3) is 0.459. The van der Waals surface area contributed by atoms with Gasteiger partial charge in [-0.2, -0.15) is 8.42 Å². The van der Waals surface area contributed by atoms with E-state index >= 15 is 0 Å². The van der Waals surface area contributed by atoms with Crippen molar-refractivity contribution in [3.8, 4) is 17.2 Å². The van der Waals surface area contributed by atoms with Crippen molar-refractivity contribution in [1.82, 2.24) is 4.90 Å². The van der Waals surface area contributed by atoms with Crippen molar-refractivity contribution in [3.63, 3.8) is 0 Å². The van der Waals surface area contributed by atoms with Gasteiger partial charge in [-0.3, -0.25) is 4.90 Å². The molecule has 5 rings (SSSR count). The fourth-order valence-electron chi connectivity index (χ4n) is 6.40. The smallest absolute Gasteiger partial charge is 0.293 e. The van der Waals surface area contributed by atoms with Gasteiger partial charge in [0.2, 0.25) is 0 Å². The molecule has 1 saturated heterocycles. The molecule has 1 atom stereocenters. The van der Waals surface area contributed by atoms with Crippen molar-refractivity contribution >= 4 is 21.3 Å². The number of nitrogens with zero attached hydrogens (tertiary/aromatic N) is 1. The van der Waals surface area contributed by atoms with Crippen LogP contribution < -0.4 is 14.2 Å². The number of hydrogen-bond donors (Lipinski definition) is 0. The molecule has 0 bridgehead atoms. The number of rotatable bonds is 15. The third-order valence-corrected chi connectivity index (χ3v) is 10.0. The number of fused-ring (bicyclic) bond motifs is 1. The first kappa shape index (κ1) is 34.0. The molecule has 46 heavy (non-hydrogen) atoms. The van der Waals surface area contributed by atoms with E-state index < -0.39 is 16.2 Å². The van der Waals surface area contributed by atoms with Crippen LogP contribution in [0.2, 0.25) is 0 Å². The Hall–Kier alpha value is -3.37. The van der Waals surface area contributed by atoms with E-state index in [1.807, 2.05) is 68.4 Å². The Morgan fingerprint density at radius 2 is 1.63 bits per heavy atom. The second-order valence-corrected chi connectivity index (χ2v) is 13.7. The molecule has 2 aliphatic rings. The summed E-state index contributed by atoms with van der Waals surface area (Å²) in [6, 6.07) is 19.7. The predicted octanol–water partition coefficient (Wildman–Crippen LogP) is 7.55. The standard InChI is InChI=1S/C37H47NO7S/c1-5-6-25-46(39,40)45-44-37(28-13-16-30(17-14-28)43-24-23-38-21-8-7-9-22-38)36-33-20-18-31(41-3)26-29(33)15-19-34(36)32-11-10-12-35(42-4)27(32)2/h10-14,16-18,20,26,37H,5-9,15,19,21-25H2,1-4H3. The predicted molar refractivity (Wildman–Crippen MR) is 182 cm³/mol. The second-order valence-electron chi connectivity index (χ2n) is 12.0. The van der Waals surface area contributed by atoms with Gasteiger partial charge in [0, 0.05) is 6.54 Å². The van der Waals surface area contributed by atoms with Gasteiger partial charge >= 0.3 is 0 Å². The van der Waals surface area contributed by atoms with Crippen molar-refractivity contribution in [3.05, 3.63) is 88.5 Å². The third kappa shape index (κ3) is 8.31. The highest BCUT2D eigenvalue weighted by Gasteiger charge is 2.32. The lowest BCUT2D eigenvalue weighted by Crippen LogP contribution is -2.33. The van der Waals surface area contributed by atoms with Gasteiger partial charge in [0.15, 0.2) is 0 Å². The van der Waals surface area contributed by atoms with E-state index in [0.29, 0.717) is 19.4 Å². The number of allylic oxidation sites excluding steroid dienone is 1. The van der Waals surface area contributed by atoms with Crippen LogP contribution in [0.25, 0.3) is 11.1 Å². The quantitative estimate of drug-likeness (QED) is 0.123. The minimum atomic E-state index is -3.92. The monoisotopic (exact) mass is 649 g/mol. The number of hydrogen-bond acceptors (Lipinski definition) is 8. The van der Waals surface area contributed by atoms with E-state index in [-0.39, 0.29) is 5.75 Å². The van der Waals surface area contributed by atoms with Crippen LogP contribution in [0.1, 0.15) is 79.4 Å². The van der Waals surface area contributed by atoms with Gasteiger partial charge in [0.25, 0.3) is 10.1 Å². The maximum Gasteiger partial charge on any atom is 0.293 e. The first-order valence-corrected chi connectivity index (χ1v) is 18.0. The summed E-state index contributed by atoms with van der Waals surface area (Å²) in [5.74, 6) is 2.18. The molecule has 3 aromatic carbocycles. The Morgan fingerprint density at radius 3 is 2.35 bits per heavy atom. The Morgan fingerprint density at radius 1 is 0.870 bits per heavy atom. The minimum Gasteiger partial charge on any atom is -0.497 e. The number of aryl methyl sites for hydroxylation is 1. The van der Waals surface area contributed by atoms with E-state index in [1.54, 1.807) is 14.2 Å². The van der Waals surface area contributed by atoms with Crippen LogP contribution in [-0.4, -0.2) is 59.5 Å². The van der Waals surface area contributed by atoms with Crippen molar-refractivity contribution < 1.29 is 31.8 Å². The molecule has 248 valence electrons. The van der Waals surface area contributed by atoms with Crippen molar-refractivity contribution in [2.45, 2.75) is 64.9 Å². The molecule has 8 nitrogen and oxygen atoms in total. The molecule has 1 aliphatic carbocycles. The first-order valence-electron chi connectivity index (χ1n) is 16.4.